The van der Waals surface area contributed by atoms with E-state index in [0.717, 1.165) is 5.69 Å². The highest BCUT2D eigenvalue weighted by Crippen LogP contribution is 2.41. The largest absolute Gasteiger partial charge is 0.381 e. The van der Waals surface area contributed by atoms with Crippen LogP contribution in [0.1, 0.15) is 29.9 Å². The van der Waals surface area contributed by atoms with E-state index >= 15 is 0 Å². The van der Waals surface area contributed by atoms with Crippen molar-refractivity contribution >= 4 is 21.6 Å². The summed E-state index contributed by atoms with van der Waals surface area (Å²) in [5, 5.41) is 3.56. The lowest BCUT2D eigenvalue weighted by Crippen LogP contribution is -2.34. The summed E-state index contributed by atoms with van der Waals surface area (Å²) in [5.41, 5.74) is 3.77. The Labute approximate surface area is 122 Å². The van der Waals surface area contributed by atoms with Gasteiger partial charge in [0.1, 0.15) is 0 Å². The van der Waals surface area contributed by atoms with Crippen LogP contribution in [0.2, 0.25) is 0 Å². The van der Waals surface area contributed by atoms with Crippen LogP contribution in [-0.4, -0.2) is 11.0 Å². The molecule has 1 N–H and O–H groups in total. The molecule has 1 fully saturated rings. The highest BCUT2D eigenvalue weighted by molar-refractivity contribution is 9.10. The van der Waals surface area contributed by atoms with Gasteiger partial charge in [-0.25, -0.2) is 0 Å². The molecule has 1 aromatic carbocycles. The molecule has 3 rings (SSSR count). The summed E-state index contributed by atoms with van der Waals surface area (Å²) in [6.07, 6.45) is 6.17. The number of benzene rings is 1. The molecule has 0 aliphatic heterocycles. The van der Waals surface area contributed by atoms with Crippen molar-refractivity contribution in [1.82, 2.24) is 4.98 Å². The lowest BCUT2D eigenvalue weighted by molar-refractivity contribution is 0.373. The SMILES string of the molecule is Cc1cncc(NC2CC(c3ccccc3Br)C2)c1. The van der Waals surface area contributed by atoms with Gasteiger partial charge >= 0.3 is 0 Å². The average molecular weight is 317 g/mol. The molecule has 0 atom stereocenters. The van der Waals surface area contributed by atoms with Crippen LogP contribution < -0.4 is 5.32 Å². The van der Waals surface area contributed by atoms with Gasteiger partial charge in [-0.1, -0.05) is 34.1 Å². The normalized spacial score (nSPS) is 21.8. The number of hydrogen-bond acceptors (Lipinski definition) is 2. The Hall–Kier alpha value is -1.35. The number of hydrogen-bond donors (Lipinski definition) is 1. The van der Waals surface area contributed by atoms with E-state index in [1.807, 2.05) is 12.4 Å². The Kier molecular flexibility index (Phi) is 3.56. The summed E-state index contributed by atoms with van der Waals surface area (Å²) in [7, 11) is 0. The van der Waals surface area contributed by atoms with Crippen molar-refractivity contribution < 1.29 is 0 Å². The predicted molar refractivity (Wildman–Crippen MR) is 82.5 cm³/mol. The van der Waals surface area contributed by atoms with Gasteiger partial charge in [0, 0.05) is 22.9 Å². The molecule has 0 amide bonds. The van der Waals surface area contributed by atoms with Gasteiger partial charge in [0.05, 0.1) is 5.69 Å². The number of nitrogens with zero attached hydrogens (tertiary/aromatic N) is 1. The van der Waals surface area contributed by atoms with Gasteiger partial charge in [-0.2, -0.15) is 0 Å². The minimum atomic E-state index is 0.570. The molecule has 98 valence electrons. The minimum absolute atomic E-state index is 0.570. The molecule has 0 bridgehead atoms. The fourth-order valence-electron chi connectivity index (χ4n) is 2.67. The van der Waals surface area contributed by atoms with Gasteiger partial charge in [-0.3, -0.25) is 4.98 Å². The van der Waals surface area contributed by atoms with Crippen molar-refractivity contribution in [2.24, 2.45) is 0 Å². The van der Waals surface area contributed by atoms with E-state index in [1.54, 1.807) is 0 Å². The van der Waals surface area contributed by atoms with E-state index in [4.69, 9.17) is 0 Å². The molecular weight excluding hydrogens is 300 g/mol. The fraction of sp³-hybridized carbons (Fsp3) is 0.312. The van der Waals surface area contributed by atoms with Crippen LogP contribution >= 0.6 is 15.9 Å². The number of nitrogens with one attached hydrogen (secondary N) is 1. The first-order valence-corrected chi connectivity index (χ1v) is 7.44. The maximum atomic E-state index is 4.22. The summed E-state index contributed by atoms with van der Waals surface area (Å²) >= 11 is 3.64. The molecule has 0 saturated heterocycles. The van der Waals surface area contributed by atoms with E-state index in [-0.39, 0.29) is 0 Å². The Bertz CT molecular complexity index is 576. The zero-order chi connectivity index (χ0) is 13.2. The molecule has 2 aromatic rings. The van der Waals surface area contributed by atoms with Gasteiger partial charge < -0.3 is 5.32 Å². The number of pyridine rings is 1. The van der Waals surface area contributed by atoms with Crippen molar-refractivity contribution in [1.29, 1.82) is 0 Å². The second-order valence-corrected chi connectivity index (χ2v) is 6.14. The topological polar surface area (TPSA) is 24.9 Å². The standard InChI is InChI=1S/C16H17BrN2/c1-11-6-14(10-18-9-11)19-13-7-12(8-13)15-4-2-3-5-16(15)17/h2-6,9-10,12-13,19H,7-8H2,1H3. The first-order chi connectivity index (χ1) is 9.22. The van der Waals surface area contributed by atoms with Crippen LogP contribution in [0.15, 0.2) is 47.2 Å². The van der Waals surface area contributed by atoms with Crippen molar-refractivity contribution in [2.75, 3.05) is 5.32 Å². The monoisotopic (exact) mass is 316 g/mol. The highest BCUT2D eigenvalue weighted by Gasteiger charge is 2.31. The average Bonchev–Trinajstić information content (AvgIpc) is 2.35. The molecule has 1 aliphatic rings. The molecule has 1 aromatic heterocycles. The molecule has 2 nitrogen and oxygen atoms in total. The third-order valence-corrected chi connectivity index (χ3v) is 4.45. The first-order valence-electron chi connectivity index (χ1n) is 6.65. The van der Waals surface area contributed by atoms with E-state index in [1.165, 1.54) is 28.4 Å². The minimum Gasteiger partial charge on any atom is -0.381 e. The number of anilines is 1. The lowest BCUT2D eigenvalue weighted by Gasteiger charge is -2.37. The van der Waals surface area contributed by atoms with Crippen molar-refractivity contribution in [3.63, 3.8) is 0 Å². The van der Waals surface area contributed by atoms with Crippen molar-refractivity contribution in [3.05, 3.63) is 58.3 Å². The quantitative estimate of drug-likeness (QED) is 0.901. The predicted octanol–water partition coefficient (Wildman–Crippen LogP) is 4.51. The Balaban J connectivity index is 1.60. The fourth-order valence-corrected chi connectivity index (χ4v) is 3.27. The van der Waals surface area contributed by atoms with Crippen LogP contribution in [-0.2, 0) is 0 Å². The van der Waals surface area contributed by atoms with E-state index < -0.39 is 0 Å². The Morgan fingerprint density at radius 2 is 2.00 bits per heavy atom. The van der Waals surface area contributed by atoms with E-state index in [9.17, 15) is 0 Å². The van der Waals surface area contributed by atoms with Crippen LogP contribution in [0.4, 0.5) is 5.69 Å². The van der Waals surface area contributed by atoms with E-state index in [2.05, 4.69) is 63.5 Å². The third-order valence-electron chi connectivity index (χ3n) is 3.73. The Morgan fingerprint density at radius 1 is 1.21 bits per heavy atom. The number of aromatic nitrogens is 1. The summed E-state index contributed by atoms with van der Waals surface area (Å²) in [4.78, 5) is 4.22. The van der Waals surface area contributed by atoms with Crippen LogP contribution in [0.5, 0.6) is 0 Å². The van der Waals surface area contributed by atoms with Gasteiger partial charge in [-0.15, -0.1) is 0 Å². The number of halogens is 1. The molecule has 1 heterocycles. The third kappa shape index (κ3) is 2.81. The molecule has 19 heavy (non-hydrogen) atoms. The van der Waals surface area contributed by atoms with Gasteiger partial charge in [0.15, 0.2) is 0 Å². The molecule has 1 aliphatic carbocycles. The second kappa shape index (κ2) is 5.33. The lowest BCUT2D eigenvalue weighted by atomic mass is 9.76. The molecule has 1 saturated carbocycles. The molecule has 3 heteroatoms. The summed E-state index contributed by atoms with van der Waals surface area (Å²) in [6.45, 7) is 2.07. The smallest absolute Gasteiger partial charge is 0.0531 e. The van der Waals surface area contributed by atoms with Crippen LogP contribution in [0.25, 0.3) is 0 Å². The zero-order valence-electron chi connectivity index (χ0n) is 10.9. The van der Waals surface area contributed by atoms with E-state index in [0.29, 0.717) is 12.0 Å². The molecule has 0 spiro atoms. The summed E-state index contributed by atoms with van der Waals surface area (Å²) in [6, 6.07) is 11.3. The van der Waals surface area contributed by atoms with Crippen molar-refractivity contribution in [3.8, 4) is 0 Å². The molecule has 0 unspecified atom stereocenters. The van der Waals surface area contributed by atoms with Gasteiger partial charge in [0.2, 0.25) is 0 Å². The Morgan fingerprint density at radius 3 is 2.74 bits per heavy atom. The van der Waals surface area contributed by atoms with Gasteiger partial charge in [0.25, 0.3) is 0 Å². The summed E-state index contributed by atoms with van der Waals surface area (Å²) in [5.74, 6) is 0.672. The number of rotatable bonds is 3. The maximum Gasteiger partial charge on any atom is 0.0531 e. The van der Waals surface area contributed by atoms with Crippen LogP contribution in [0.3, 0.4) is 0 Å². The number of aryl methyl sites for hydroxylation is 1. The highest BCUT2D eigenvalue weighted by atomic mass is 79.9. The summed E-state index contributed by atoms with van der Waals surface area (Å²) < 4.78 is 1.23. The molecule has 0 radical (unpaired) electrons. The maximum absolute atomic E-state index is 4.22. The van der Waals surface area contributed by atoms with Gasteiger partial charge in [-0.05, 0) is 48.9 Å². The first kappa shape index (κ1) is 12.7. The van der Waals surface area contributed by atoms with Crippen LogP contribution in [0, 0.1) is 6.92 Å². The molecular formula is C16H17BrN2. The second-order valence-electron chi connectivity index (χ2n) is 5.28. The van der Waals surface area contributed by atoms with Crippen molar-refractivity contribution in [2.45, 2.75) is 31.7 Å². The zero-order valence-corrected chi connectivity index (χ0v) is 12.5.